The highest BCUT2D eigenvalue weighted by atomic mass is 79.9. The summed E-state index contributed by atoms with van der Waals surface area (Å²) in [5.41, 5.74) is 0.900. The smallest absolute Gasteiger partial charge is 0.201 e. The van der Waals surface area contributed by atoms with Crippen molar-refractivity contribution in [2.45, 2.75) is 37.0 Å². The van der Waals surface area contributed by atoms with Gasteiger partial charge in [0.05, 0.1) is 0 Å². The molecule has 1 spiro atoms. The zero-order chi connectivity index (χ0) is 10.7. The summed E-state index contributed by atoms with van der Waals surface area (Å²) in [6, 6.07) is 5.15. The molecule has 0 atom stereocenters. The molecule has 2 aliphatic carbocycles. The quantitative estimate of drug-likeness (QED) is 0.658. The maximum Gasteiger partial charge on any atom is 0.274 e. The van der Waals surface area contributed by atoms with Crippen LogP contribution in [0, 0.1) is 0 Å². The summed E-state index contributed by atoms with van der Waals surface area (Å²) < 4.78 is 28.5. The average Bonchev–Trinajstić information content (AvgIpc) is 2.36. The van der Waals surface area contributed by atoms with Crippen molar-refractivity contribution in [1.29, 1.82) is 0 Å². The molecule has 1 saturated carbocycles. The van der Waals surface area contributed by atoms with Gasteiger partial charge in [0.25, 0.3) is 5.92 Å². The molecule has 1 aromatic carbocycles. The first kappa shape index (κ1) is 9.76. The van der Waals surface area contributed by atoms with Gasteiger partial charge in [-0.3, -0.25) is 0 Å². The van der Waals surface area contributed by atoms with Gasteiger partial charge in [0.1, 0.15) is 0 Å². The van der Waals surface area contributed by atoms with Crippen LogP contribution in [-0.4, -0.2) is 0 Å². The zero-order valence-electron chi connectivity index (χ0n) is 8.19. The van der Waals surface area contributed by atoms with Crippen LogP contribution >= 0.6 is 15.9 Å². The Kier molecular flexibility index (Phi) is 1.83. The van der Waals surface area contributed by atoms with E-state index in [2.05, 4.69) is 15.9 Å². The Morgan fingerprint density at radius 2 is 1.93 bits per heavy atom. The van der Waals surface area contributed by atoms with Crippen LogP contribution in [0.5, 0.6) is 0 Å². The van der Waals surface area contributed by atoms with Gasteiger partial charge in [-0.2, -0.15) is 0 Å². The minimum absolute atomic E-state index is 0.0119. The summed E-state index contributed by atoms with van der Waals surface area (Å²) in [6.45, 7) is 0. The Morgan fingerprint density at radius 1 is 1.20 bits per heavy atom. The molecule has 0 heterocycles. The van der Waals surface area contributed by atoms with Crippen LogP contribution in [0.15, 0.2) is 22.7 Å². The van der Waals surface area contributed by atoms with Crippen molar-refractivity contribution < 1.29 is 8.78 Å². The van der Waals surface area contributed by atoms with Gasteiger partial charge < -0.3 is 0 Å². The van der Waals surface area contributed by atoms with Crippen molar-refractivity contribution in [1.82, 2.24) is 0 Å². The second-order valence-corrected chi connectivity index (χ2v) is 5.53. The highest BCUT2D eigenvalue weighted by Crippen LogP contribution is 2.61. The minimum Gasteiger partial charge on any atom is -0.201 e. The molecule has 2 aliphatic rings. The van der Waals surface area contributed by atoms with Crippen molar-refractivity contribution in [3.05, 3.63) is 33.8 Å². The monoisotopic (exact) mass is 272 g/mol. The van der Waals surface area contributed by atoms with E-state index in [1.807, 2.05) is 6.07 Å². The molecule has 0 aliphatic heterocycles. The van der Waals surface area contributed by atoms with Gasteiger partial charge in [-0.15, -0.1) is 0 Å². The largest absolute Gasteiger partial charge is 0.274 e. The SMILES string of the molecule is FC1(F)CC2(CCC2)c2c(Br)cccc21. The van der Waals surface area contributed by atoms with Crippen LogP contribution in [0.25, 0.3) is 0 Å². The average molecular weight is 273 g/mol. The van der Waals surface area contributed by atoms with Gasteiger partial charge in [0, 0.05) is 21.9 Å². The molecule has 0 radical (unpaired) electrons. The van der Waals surface area contributed by atoms with E-state index in [1.54, 1.807) is 12.1 Å². The number of fused-ring (bicyclic) bond motifs is 2. The van der Waals surface area contributed by atoms with Gasteiger partial charge in [0.2, 0.25) is 0 Å². The van der Waals surface area contributed by atoms with Crippen molar-refractivity contribution >= 4 is 15.9 Å². The van der Waals surface area contributed by atoms with Crippen molar-refractivity contribution in [3.8, 4) is 0 Å². The van der Waals surface area contributed by atoms with E-state index in [1.165, 1.54) is 0 Å². The second-order valence-electron chi connectivity index (χ2n) is 4.68. The molecule has 1 fully saturated rings. The molecule has 0 amide bonds. The molecule has 0 saturated heterocycles. The highest BCUT2D eigenvalue weighted by Gasteiger charge is 2.56. The first-order valence-corrected chi connectivity index (χ1v) is 6.02. The topological polar surface area (TPSA) is 0 Å². The third-order valence-corrected chi connectivity index (χ3v) is 4.47. The number of rotatable bonds is 0. The lowest BCUT2D eigenvalue weighted by Crippen LogP contribution is -2.33. The van der Waals surface area contributed by atoms with E-state index in [0.29, 0.717) is 0 Å². The van der Waals surface area contributed by atoms with Crippen LogP contribution in [-0.2, 0) is 11.3 Å². The standard InChI is InChI=1S/C12H11BrF2/c13-9-4-1-3-8-10(9)11(5-2-6-11)7-12(8,14)15/h1,3-4H,2,5-7H2. The van der Waals surface area contributed by atoms with Gasteiger partial charge in [-0.25, -0.2) is 8.78 Å². The fourth-order valence-corrected chi connectivity index (χ4v) is 3.79. The Labute approximate surface area is 95.8 Å². The predicted octanol–water partition coefficient (Wildman–Crippen LogP) is 4.37. The van der Waals surface area contributed by atoms with Gasteiger partial charge in [-0.05, 0) is 24.5 Å². The van der Waals surface area contributed by atoms with E-state index >= 15 is 0 Å². The van der Waals surface area contributed by atoms with Gasteiger partial charge in [-0.1, -0.05) is 34.5 Å². The highest BCUT2D eigenvalue weighted by molar-refractivity contribution is 9.10. The molecular weight excluding hydrogens is 262 g/mol. The molecule has 3 heteroatoms. The maximum absolute atomic E-state index is 13.8. The summed E-state index contributed by atoms with van der Waals surface area (Å²) >= 11 is 3.42. The summed E-state index contributed by atoms with van der Waals surface area (Å²) in [4.78, 5) is 0. The first-order valence-electron chi connectivity index (χ1n) is 5.23. The van der Waals surface area contributed by atoms with Crippen molar-refractivity contribution in [3.63, 3.8) is 0 Å². The van der Waals surface area contributed by atoms with Crippen LogP contribution in [0.1, 0.15) is 36.8 Å². The molecule has 15 heavy (non-hydrogen) atoms. The fourth-order valence-electron chi connectivity index (χ4n) is 3.01. The summed E-state index contributed by atoms with van der Waals surface area (Å²) in [7, 11) is 0. The summed E-state index contributed by atoms with van der Waals surface area (Å²) in [5.74, 6) is -2.63. The predicted molar refractivity (Wildman–Crippen MR) is 58.2 cm³/mol. The fraction of sp³-hybridized carbons (Fsp3) is 0.500. The summed E-state index contributed by atoms with van der Waals surface area (Å²) in [6.07, 6.45) is 2.92. The Bertz CT molecular complexity index is 422. The van der Waals surface area contributed by atoms with E-state index in [0.717, 1.165) is 29.3 Å². The lowest BCUT2D eigenvalue weighted by Gasteiger charge is -2.39. The Hall–Kier alpha value is -0.440. The number of hydrogen-bond donors (Lipinski definition) is 0. The van der Waals surface area contributed by atoms with Crippen LogP contribution in [0.2, 0.25) is 0 Å². The third kappa shape index (κ3) is 1.16. The van der Waals surface area contributed by atoms with E-state index in [4.69, 9.17) is 0 Å². The van der Waals surface area contributed by atoms with Crippen LogP contribution in [0.3, 0.4) is 0 Å². The first-order chi connectivity index (χ1) is 7.05. The van der Waals surface area contributed by atoms with Crippen LogP contribution in [0.4, 0.5) is 8.78 Å². The maximum atomic E-state index is 13.8. The molecule has 0 N–H and O–H groups in total. The molecule has 0 bridgehead atoms. The lowest BCUT2D eigenvalue weighted by atomic mass is 9.65. The molecule has 3 rings (SSSR count). The van der Waals surface area contributed by atoms with E-state index in [-0.39, 0.29) is 17.4 Å². The van der Waals surface area contributed by atoms with Crippen molar-refractivity contribution in [2.24, 2.45) is 0 Å². The van der Waals surface area contributed by atoms with Crippen molar-refractivity contribution in [2.75, 3.05) is 0 Å². The second kappa shape index (κ2) is 2.82. The zero-order valence-corrected chi connectivity index (χ0v) is 9.78. The lowest BCUT2D eigenvalue weighted by molar-refractivity contribution is -0.0285. The Balaban J connectivity index is 2.25. The van der Waals surface area contributed by atoms with E-state index in [9.17, 15) is 8.78 Å². The third-order valence-electron chi connectivity index (χ3n) is 3.81. The molecule has 1 aromatic rings. The summed E-state index contributed by atoms with van der Waals surface area (Å²) in [5, 5.41) is 0. The molecular formula is C12H11BrF2. The minimum atomic E-state index is -2.63. The molecule has 0 nitrogen and oxygen atoms in total. The van der Waals surface area contributed by atoms with E-state index < -0.39 is 5.92 Å². The van der Waals surface area contributed by atoms with Crippen LogP contribution < -0.4 is 0 Å². The molecule has 0 unspecified atom stereocenters. The number of hydrogen-bond acceptors (Lipinski definition) is 0. The molecule has 80 valence electrons. The number of halogens is 3. The number of alkyl halides is 2. The van der Waals surface area contributed by atoms with Gasteiger partial charge >= 0.3 is 0 Å². The normalized spacial score (nSPS) is 25.0. The van der Waals surface area contributed by atoms with Gasteiger partial charge in [0.15, 0.2) is 0 Å². The number of benzene rings is 1. The molecule has 0 aromatic heterocycles. The Morgan fingerprint density at radius 3 is 2.53 bits per heavy atom.